The molecule has 3 heterocycles. The van der Waals surface area contributed by atoms with Crippen molar-refractivity contribution in [3.05, 3.63) is 103 Å². The van der Waals surface area contributed by atoms with Crippen molar-refractivity contribution in [2.75, 3.05) is 12.4 Å². The van der Waals surface area contributed by atoms with Crippen molar-refractivity contribution in [2.24, 2.45) is 0 Å². The zero-order valence-electron chi connectivity index (χ0n) is 23.7. The normalized spacial score (nSPS) is 11.8. The summed E-state index contributed by atoms with van der Waals surface area (Å²) >= 11 is 7.74. The molecule has 0 saturated carbocycles. The Hall–Kier alpha value is -5.21. The van der Waals surface area contributed by atoms with E-state index in [1.54, 1.807) is 54.6 Å². The smallest absolute Gasteiger partial charge is 0.411 e. The number of nitrogens with zero attached hydrogens (tertiary/aromatic N) is 6. The van der Waals surface area contributed by atoms with E-state index in [1.807, 2.05) is 13.8 Å². The molecule has 5 rings (SSSR count). The third kappa shape index (κ3) is 7.22. The molecule has 0 aliphatic rings. The Morgan fingerprint density at radius 1 is 1.16 bits per heavy atom. The molecule has 2 aromatic carbocycles. The molecule has 15 heteroatoms. The Labute approximate surface area is 260 Å². The molecule has 3 N–H and O–H groups in total. The molecule has 3 aromatic heterocycles. The van der Waals surface area contributed by atoms with E-state index in [-0.39, 0.29) is 0 Å². The van der Waals surface area contributed by atoms with E-state index in [2.05, 4.69) is 46.1 Å². The summed E-state index contributed by atoms with van der Waals surface area (Å²) in [6.45, 7) is 3.91. The molecular weight excluding hydrogens is 606 g/mol. The number of H-pyrrole nitrogens is 1. The lowest BCUT2D eigenvalue weighted by Crippen LogP contribution is -2.30. The van der Waals surface area contributed by atoms with E-state index in [0.29, 0.717) is 45.2 Å². The molecule has 13 nitrogen and oxygen atoms in total. The summed E-state index contributed by atoms with van der Waals surface area (Å²) in [5.41, 5.74) is 3.61. The van der Waals surface area contributed by atoms with Gasteiger partial charge >= 0.3 is 6.09 Å². The van der Waals surface area contributed by atoms with Crippen LogP contribution >= 0.6 is 22.9 Å². The van der Waals surface area contributed by atoms with Crippen molar-refractivity contribution in [1.82, 2.24) is 40.7 Å². The summed E-state index contributed by atoms with van der Waals surface area (Å²) < 4.78 is 6.08. The largest absolute Gasteiger partial charge is 0.453 e. The van der Waals surface area contributed by atoms with Gasteiger partial charge in [-0.3, -0.25) is 14.9 Å². The molecule has 1 unspecified atom stereocenters. The van der Waals surface area contributed by atoms with Crippen LogP contribution in [-0.4, -0.2) is 54.5 Å². The molecule has 5 aromatic rings. The van der Waals surface area contributed by atoms with E-state index in [4.69, 9.17) is 11.6 Å². The lowest BCUT2D eigenvalue weighted by molar-refractivity contribution is -0.117. The number of halogens is 1. The van der Waals surface area contributed by atoms with Crippen LogP contribution in [-0.2, 0) is 16.0 Å². The highest BCUT2D eigenvalue weighted by Crippen LogP contribution is 2.26. The second-order valence-electron chi connectivity index (χ2n) is 9.53. The van der Waals surface area contributed by atoms with Crippen molar-refractivity contribution in [3.63, 3.8) is 0 Å². The molecule has 0 fully saturated rings. The van der Waals surface area contributed by atoms with E-state index in [1.165, 1.54) is 35.5 Å². The molecule has 0 aliphatic heterocycles. The number of aromatic amines is 1. The van der Waals surface area contributed by atoms with Gasteiger partial charge in [0.15, 0.2) is 0 Å². The van der Waals surface area contributed by atoms with Crippen LogP contribution in [0.3, 0.4) is 0 Å². The first-order valence-corrected chi connectivity index (χ1v) is 14.4. The first-order chi connectivity index (χ1) is 21.2. The number of aryl methyl sites for hydroxylation is 2. The summed E-state index contributed by atoms with van der Waals surface area (Å²) in [5.74, 6) is -0.407. The van der Waals surface area contributed by atoms with E-state index >= 15 is 0 Å². The minimum Gasteiger partial charge on any atom is -0.453 e. The van der Waals surface area contributed by atoms with Crippen molar-refractivity contribution < 1.29 is 14.3 Å². The number of carbonyl (C=O) groups is 2. The molecule has 44 heavy (non-hydrogen) atoms. The quantitative estimate of drug-likeness (QED) is 0.199. The molecule has 1 atom stereocenters. The monoisotopic (exact) mass is 631 g/mol. The zero-order valence-corrected chi connectivity index (χ0v) is 25.3. The van der Waals surface area contributed by atoms with Gasteiger partial charge < -0.3 is 10.1 Å². The third-order valence-electron chi connectivity index (χ3n) is 6.58. The summed E-state index contributed by atoms with van der Waals surface area (Å²) in [4.78, 5) is 43.3. The van der Waals surface area contributed by atoms with Gasteiger partial charge in [-0.1, -0.05) is 23.7 Å². The number of nitrogens with one attached hydrogen (secondary N) is 3. The number of ether oxygens (including phenoxy) is 1. The maximum atomic E-state index is 13.3. The van der Waals surface area contributed by atoms with Gasteiger partial charge in [-0.15, -0.1) is 16.4 Å². The van der Waals surface area contributed by atoms with Gasteiger partial charge in [0, 0.05) is 33.6 Å². The first-order valence-electron chi connectivity index (χ1n) is 13.2. The predicted molar refractivity (Wildman–Crippen MR) is 166 cm³/mol. The molecule has 224 valence electrons. The van der Waals surface area contributed by atoms with Gasteiger partial charge in [-0.25, -0.2) is 14.9 Å². The van der Waals surface area contributed by atoms with Gasteiger partial charge in [0.1, 0.15) is 6.33 Å². The highest BCUT2D eigenvalue weighted by molar-refractivity contribution is 7.11. The van der Waals surface area contributed by atoms with Gasteiger partial charge in [0.2, 0.25) is 5.91 Å². The van der Waals surface area contributed by atoms with Gasteiger partial charge in [-0.05, 0) is 72.3 Å². The van der Waals surface area contributed by atoms with Crippen molar-refractivity contribution in [3.8, 4) is 16.8 Å². The van der Waals surface area contributed by atoms with Crippen molar-refractivity contribution >= 4 is 46.7 Å². The Morgan fingerprint density at radius 2 is 1.95 bits per heavy atom. The summed E-state index contributed by atoms with van der Waals surface area (Å²) in [7, 11) is 1.27. The average molecular weight is 632 g/mol. The first kappa shape index (κ1) is 30.3. The fraction of sp³-hybridized carbons (Fsp3) is 0.172. The van der Waals surface area contributed by atoms with E-state index in [0.717, 1.165) is 15.6 Å². The fourth-order valence-electron chi connectivity index (χ4n) is 4.27. The number of rotatable bonds is 9. The number of tetrazole rings is 1. The maximum Gasteiger partial charge on any atom is 0.411 e. The summed E-state index contributed by atoms with van der Waals surface area (Å²) in [6, 6.07) is 12.8. The predicted octanol–water partition coefficient (Wildman–Crippen LogP) is 4.43. The highest BCUT2D eigenvalue weighted by Gasteiger charge is 2.21. The second kappa shape index (κ2) is 13.4. The van der Waals surface area contributed by atoms with Crippen LogP contribution in [0.15, 0.2) is 65.7 Å². The Morgan fingerprint density at radius 3 is 2.64 bits per heavy atom. The molecule has 0 spiro atoms. The number of thiazole rings is 1. The number of amides is 2. The van der Waals surface area contributed by atoms with Crippen LogP contribution in [0.1, 0.15) is 32.9 Å². The molecular formula is C29H26ClN9O4S. The molecule has 0 radical (unpaired) electrons. The Kier molecular flexibility index (Phi) is 9.21. The standard InChI is InChI=1S/C29H26ClN9O4S/c1-16-17(2)44-27(32-16)14-23(34-26(40)11-6-19-12-20(30)7-10-25(19)39-15-31-37-38-39)24-13-22(28(41)36-35-24)18-4-8-21(9-5-18)33-29(42)43-3/h4-13,15,23H,14H2,1-3H3,(H,33,42)(H,34,40)(H,36,41). The number of methoxy groups -OCH3 is 1. The fourth-order valence-corrected chi connectivity index (χ4v) is 5.43. The number of aromatic nitrogens is 7. The lowest BCUT2D eigenvalue weighted by Gasteiger charge is -2.17. The second-order valence-corrected chi connectivity index (χ2v) is 11.3. The zero-order chi connectivity index (χ0) is 31.2. The van der Waals surface area contributed by atoms with Crippen LogP contribution in [0.5, 0.6) is 0 Å². The lowest BCUT2D eigenvalue weighted by atomic mass is 10.0. The molecule has 0 bridgehead atoms. The highest BCUT2D eigenvalue weighted by atomic mass is 35.5. The Balaban J connectivity index is 1.44. The number of benzene rings is 2. The SMILES string of the molecule is COC(=O)Nc1ccc(-c2cc(C(Cc3nc(C)c(C)s3)NC(=O)C=Cc3cc(Cl)ccc3-n3cnnn3)n[nH]c2=O)cc1. The average Bonchev–Trinajstić information content (AvgIpc) is 3.66. The molecule has 2 amide bonds. The minimum absolute atomic E-state index is 0.339. The third-order valence-corrected chi connectivity index (χ3v) is 7.91. The van der Waals surface area contributed by atoms with Crippen molar-refractivity contribution in [1.29, 1.82) is 0 Å². The van der Waals surface area contributed by atoms with Gasteiger partial charge in [-0.2, -0.15) is 9.78 Å². The van der Waals surface area contributed by atoms with Gasteiger partial charge in [0.25, 0.3) is 5.56 Å². The maximum absolute atomic E-state index is 13.3. The van der Waals surface area contributed by atoms with Crippen LogP contribution in [0.2, 0.25) is 5.02 Å². The van der Waals surface area contributed by atoms with Crippen molar-refractivity contribution in [2.45, 2.75) is 26.3 Å². The number of hydrogen-bond acceptors (Lipinski definition) is 10. The number of anilines is 1. The van der Waals surface area contributed by atoms with Crippen LogP contribution in [0.25, 0.3) is 22.9 Å². The summed E-state index contributed by atoms with van der Waals surface area (Å²) in [6.07, 6.45) is 4.17. The van der Waals surface area contributed by atoms with Crippen LogP contribution < -0.4 is 16.2 Å². The minimum atomic E-state index is -0.633. The van der Waals surface area contributed by atoms with E-state index < -0.39 is 23.6 Å². The Bertz CT molecular complexity index is 1870. The molecule has 0 aliphatic carbocycles. The van der Waals surface area contributed by atoms with E-state index in [9.17, 15) is 14.4 Å². The molecule has 0 saturated heterocycles. The number of carbonyl (C=O) groups excluding carboxylic acids is 2. The number of hydrogen-bond donors (Lipinski definition) is 3. The topological polar surface area (TPSA) is 170 Å². The summed E-state index contributed by atoms with van der Waals surface area (Å²) in [5, 5.41) is 24.9. The van der Waals surface area contributed by atoms with Crippen LogP contribution in [0, 0.1) is 13.8 Å². The van der Waals surface area contributed by atoms with Gasteiger partial charge in [0.05, 0.1) is 40.8 Å². The van der Waals surface area contributed by atoms with Crippen LogP contribution in [0.4, 0.5) is 10.5 Å².